The Labute approximate surface area is 119 Å². The summed E-state index contributed by atoms with van der Waals surface area (Å²) in [4.78, 5) is 0. The minimum Gasteiger partial charge on any atom is -0.271 e. The van der Waals surface area contributed by atoms with Gasteiger partial charge in [0.05, 0.1) is 5.02 Å². The summed E-state index contributed by atoms with van der Waals surface area (Å²) in [5, 5.41) is 0.186. The average molecular weight is 285 g/mol. The van der Waals surface area contributed by atoms with Gasteiger partial charge in [0.15, 0.2) is 0 Å². The molecule has 2 rings (SSSR count). The van der Waals surface area contributed by atoms with E-state index in [0.717, 1.165) is 18.8 Å². The van der Waals surface area contributed by atoms with Gasteiger partial charge < -0.3 is 0 Å². The first kappa shape index (κ1) is 14.8. The SMILES string of the molecule is CC1CCC(C(Cc2cccc(Cl)c2F)NN)CC1. The normalized spacial score (nSPS) is 25.3. The molecule has 0 bridgehead atoms. The lowest BCUT2D eigenvalue weighted by molar-refractivity contribution is 0.229. The molecule has 1 fully saturated rings. The summed E-state index contributed by atoms with van der Waals surface area (Å²) >= 11 is 5.82. The molecular formula is C15H22ClFN2. The molecule has 0 radical (unpaired) electrons. The summed E-state index contributed by atoms with van der Waals surface area (Å²) < 4.78 is 13.9. The van der Waals surface area contributed by atoms with E-state index in [-0.39, 0.29) is 16.9 Å². The molecule has 106 valence electrons. The molecular weight excluding hydrogens is 263 g/mol. The van der Waals surface area contributed by atoms with Crippen LogP contribution < -0.4 is 11.3 Å². The highest BCUT2D eigenvalue weighted by Crippen LogP contribution is 2.32. The van der Waals surface area contributed by atoms with E-state index >= 15 is 0 Å². The Kier molecular flexibility index (Phi) is 5.20. The van der Waals surface area contributed by atoms with Gasteiger partial charge in [-0.25, -0.2) is 4.39 Å². The third-order valence-corrected chi connectivity index (χ3v) is 4.61. The predicted octanol–water partition coefficient (Wildman–Crippen LogP) is 3.68. The molecule has 1 aliphatic rings. The fourth-order valence-corrected chi connectivity index (χ4v) is 3.19. The molecule has 4 heteroatoms. The first-order valence-electron chi connectivity index (χ1n) is 7.00. The van der Waals surface area contributed by atoms with Crippen molar-refractivity contribution < 1.29 is 4.39 Å². The number of nitrogens with one attached hydrogen (secondary N) is 1. The van der Waals surface area contributed by atoms with E-state index in [1.54, 1.807) is 18.2 Å². The Morgan fingerprint density at radius 3 is 2.68 bits per heavy atom. The summed E-state index contributed by atoms with van der Waals surface area (Å²) in [5.41, 5.74) is 3.52. The zero-order valence-corrected chi connectivity index (χ0v) is 12.1. The molecule has 1 aromatic rings. The van der Waals surface area contributed by atoms with E-state index in [0.29, 0.717) is 17.9 Å². The maximum atomic E-state index is 13.9. The monoisotopic (exact) mass is 284 g/mol. The van der Waals surface area contributed by atoms with Crippen molar-refractivity contribution in [1.82, 2.24) is 5.43 Å². The lowest BCUT2D eigenvalue weighted by Gasteiger charge is -2.32. The summed E-state index contributed by atoms with van der Waals surface area (Å²) in [6.07, 6.45) is 5.40. The van der Waals surface area contributed by atoms with E-state index in [1.807, 2.05) is 0 Å². The van der Waals surface area contributed by atoms with Gasteiger partial charge in [0.2, 0.25) is 0 Å². The van der Waals surface area contributed by atoms with Crippen LogP contribution >= 0.6 is 11.6 Å². The van der Waals surface area contributed by atoms with Gasteiger partial charge in [-0.3, -0.25) is 11.3 Å². The number of hydrogen-bond donors (Lipinski definition) is 2. The van der Waals surface area contributed by atoms with Gasteiger partial charge in [0.25, 0.3) is 0 Å². The largest absolute Gasteiger partial charge is 0.271 e. The standard InChI is InChI=1S/C15H22ClFN2/c1-10-5-7-11(8-6-10)14(19-18)9-12-3-2-4-13(16)15(12)17/h2-4,10-11,14,19H,5-9,18H2,1H3. The van der Waals surface area contributed by atoms with Gasteiger partial charge in [-0.15, -0.1) is 0 Å². The molecule has 0 aromatic heterocycles. The van der Waals surface area contributed by atoms with Crippen molar-refractivity contribution in [3.63, 3.8) is 0 Å². The number of halogens is 2. The lowest BCUT2D eigenvalue weighted by Crippen LogP contribution is -2.43. The van der Waals surface area contributed by atoms with Crippen LogP contribution in [0.25, 0.3) is 0 Å². The molecule has 0 heterocycles. The molecule has 0 spiro atoms. The zero-order chi connectivity index (χ0) is 13.8. The molecule has 1 unspecified atom stereocenters. The Bertz CT molecular complexity index is 417. The van der Waals surface area contributed by atoms with E-state index in [9.17, 15) is 4.39 Å². The molecule has 0 saturated heterocycles. The third-order valence-electron chi connectivity index (χ3n) is 4.32. The lowest BCUT2D eigenvalue weighted by atomic mass is 9.78. The second-order valence-corrected chi connectivity index (χ2v) is 6.12. The zero-order valence-electron chi connectivity index (χ0n) is 11.3. The maximum absolute atomic E-state index is 13.9. The van der Waals surface area contributed by atoms with Crippen molar-refractivity contribution >= 4 is 11.6 Å². The summed E-state index contributed by atoms with van der Waals surface area (Å²) in [6, 6.07) is 5.28. The van der Waals surface area contributed by atoms with Crippen LogP contribution in [0.2, 0.25) is 5.02 Å². The van der Waals surface area contributed by atoms with Crippen LogP contribution in [0.15, 0.2) is 18.2 Å². The molecule has 1 aromatic carbocycles. The number of benzene rings is 1. The number of rotatable bonds is 4. The Morgan fingerprint density at radius 2 is 2.05 bits per heavy atom. The highest BCUT2D eigenvalue weighted by atomic mass is 35.5. The maximum Gasteiger partial charge on any atom is 0.145 e. The predicted molar refractivity (Wildman–Crippen MR) is 77.3 cm³/mol. The van der Waals surface area contributed by atoms with Gasteiger partial charge in [-0.05, 0) is 42.7 Å². The van der Waals surface area contributed by atoms with Crippen LogP contribution in [0, 0.1) is 17.7 Å². The average Bonchev–Trinajstić information content (AvgIpc) is 2.42. The molecule has 2 nitrogen and oxygen atoms in total. The first-order valence-corrected chi connectivity index (χ1v) is 7.38. The second-order valence-electron chi connectivity index (χ2n) is 5.71. The van der Waals surface area contributed by atoms with Crippen molar-refractivity contribution in [1.29, 1.82) is 0 Å². The fraction of sp³-hybridized carbons (Fsp3) is 0.600. The van der Waals surface area contributed by atoms with Gasteiger partial charge in [0.1, 0.15) is 5.82 Å². The second kappa shape index (κ2) is 6.69. The van der Waals surface area contributed by atoms with Crippen LogP contribution in [-0.4, -0.2) is 6.04 Å². The smallest absolute Gasteiger partial charge is 0.145 e. The summed E-state index contributed by atoms with van der Waals surface area (Å²) in [6.45, 7) is 2.29. The van der Waals surface area contributed by atoms with Gasteiger partial charge in [-0.2, -0.15) is 0 Å². The van der Waals surface area contributed by atoms with E-state index in [2.05, 4.69) is 12.3 Å². The van der Waals surface area contributed by atoms with Crippen LogP contribution in [-0.2, 0) is 6.42 Å². The third kappa shape index (κ3) is 3.68. The molecule has 0 amide bonds. The van der Waals surface area contributed by atoms with Crippen LogP contribution in [0.4, 0.5) is 4.39 Å². The minimum atomic E-state index is -0.311. The van der Waals surface area contributed by atoms with Crippen molar-refractivity contribution in [2.45, 2.75) is 45.1 Å². The molecule has 1 aliphatic carbocycles. The molecule has 3 N–H and O–H groups in total. The first-order chi connectivity index (χ1) is 9.11. The highest BCUT2D eigenvalue weighted by molar-refractivity contribution is 6.30. The molecule has 1 saturated carbocycles. The number of nitrogens with two attached hydrogens (primary N) is 1. The van der Waals surface area contributed by atoms with Gasteiger partial charge >= 0.3 is 0 Å². The minimum absolute atomic E-state index is 0.125. The van der Waals surface area contributed by atoms with E-state index in [4.69, 9.17) is 17.4 Å². The van der Waals surface area contributed by atoms with Crippen LogP contribution in [0.1, 0.15) is 38.2 Å². The summed E-state index contributed by atoms with van der Waals surface area (Å²) in [5.74, 6) is 6.69. The Morgan fingerprint density at radius 1 is 1.37 bits per heavy atom. The topological polar surface area (TPSA) is 38.0 Å². The number of hydrogen-bond acceptors (Lipinski definition) is 2. The quantitative estimate of drug-likeness (QED) is 0.654. The van der Waals surface area contributed by atoms with Gasteiger partial charge in [0, 0.05) is 6.04 Å². The van der Waals surface area contributed by atoms with Crippen molar-refractivity contribution in [2.75, 3.05) is 0 Å². The fourth-order valence-electron chi connectivity index (χ4n) is 2.99. The Balaban J connectivity index is 2.04. The van der Waals surface area contributed by atoms with E-state index < -0.39 is 0 Å². The van der Waals surface area contributed by atoms with Crippen molar-refractivity contribution in [2.24, 2.45) is 17.7 Å². The summed E-state index contributed by atoms with van der Waals surface area (Å²) in [7, 11) is 0. The van der Waals surface area contributed by atoms with E-state index in [1.165, 1.54) is 12.8 Å². The van der Waals surface area contributed by atoms with Crippen LogP contribution in [0.3, 0.4) is 0 Å². The Hall–Kier alpha value is -0.640. The number of hydrazine groups is 1. The molecule has 19 heavy (non-hydrogen) atoms. The molecule has 1 atom stereocenters. The van der Waals surface area contributed by atoms with Crippen molar-refractivity contribution in [3.05, 3.63) is 34.6 Å². The van der Waals surface area contributed by atoms with Crippen LogP contribution in [0.5, 0.6) is 0 Å². The van der Waals surface area contributed by atoms with Crippen molar-refractivity contribution in [3.8, 4) is 0 Å². The molecule has 0 aliphatic heterocycles. The van der Waals surface area contributed by atoms with Gasteiger partial charge in [-0.1, -0.05) is 43.5 Å². The highest BCUT2D eigenvalue weighted by Gasteiger charge is 2.26.